The van der Waals surface area contributed by atoms with Crippen LogP contribution in [0.1, 0.15) is 50.6 Å². The molecule has 1 saturated carbocycles. The van der Waals surface area contributed by atoms with Crippen molar-refractivity contribution in [1.82, 2.24) is 4.98 Å². The van der Waals surface area contributed by atoms with E-state index in [1.54, 1.807) is 6.20 Å². The zero-order valence-electron chi connectivity index (χ0n) is 12.2. The average molecular weight is 287 g/mol. The Labute approximate surface area is 124 Å². The maximum atomic E-state index is 11.9. The van der Waals surface area contributed by atoms with Crippen LogP contribution in [0, 0.1) is 5.92 Å². The van der Waals surface area contributed by atoms with Crippen LogP contribution in [-0.2, 0) is 20.7 Å². The normalized spacial score (nSPS) is 26.9. The molecule has 1 aromatic heterocycles. The Morgan fingerprint density at radius 1 is 1.24 bits per heavy atom. The maximum Gasteiger partial charge on any atom is 0.313 e. The first-order valence-corrected chi connectivity index (χ1v) is 7.81. The molecule has 1 saturated heterocycles. The molecule has 0 N–H and O–H groups in total. The number of Topliss-reactive ketones (excluding diaryl/α,β-unsaturated/α-hetero) is 1. The van der Waals surface area contributed by atoms with E-state index in [1.807, 2.05) is 18.2 Å². The van der Waals surface area contributed by atoms with Crippen LogP contribution in [0.25, 0.3) is 0 Å². The van der Waals surface area contributed by atoms with Crippen molar-refractivity contribution in [1.29, 1.82) is 0 Å². The number of esters is 1. The average Bonchev–Trinajstić information content (AvgIpc) is 3.00. The lowest BCUT2D eigenvalue weighted by atomic mass is 9.76. The molecule has 1 aromatic rings. The first-order chi connectivity index (χ1) is 10.2. The van der Waals surface area contributed by atoms with E-state index in [2.05, 4.69) is 4.98 Å². The van der Waals surface area contributed by atoms with Gasteiger partial charge in [-0.15, -0.1) is 0 Å². The molecule has 0 aromatic carbocycles. The van der Waals surface area contributed by atoms with Crippen LogP contribution in [0.2, 0.25) is 0 Å². The first kappa shape index (κ1) is 14.2. The summed E-state index contributed by atoms with van der Waals surface area (Å²) in [7, 11) is 0. The summed E-state index contributed by atoms with van der Waals surface area (Å²) in [6.07, 6.45) is 8.00. The molecule has 2 aliphatic rings. The summed E-state index contributed by atoms with van der Waals surface area (Å²) < 4.78 is 5.76. The zero-order valence-corrected chi connectivity index (χ0v) is 12.2. The highest BCUT2D eigenvalue weighted by Gasteiger charge is 2.47. The van der Waals surface area contributed by atoms with Crippen molar-refractivity contribution in [3.8, 4) is 0 Å². The van der Waals surface area contributed by atoms with Gasteiger partial charge in [0.25, 0.3) is 0 Å². The molecule has 112 valence electrons. The van der Waals surface area contributed by atoms with Crippen LogP contribution in [0.3, 0.4) is 0 Å². The molecule has 2 heterocycles. The number of pyridine rings is 1. The highest BCUT2D eigenvalue weighted by atomic mass is 16.6. The quantitative estimate of drug-likeness (QED) is 0.631. The van der Waals surface area contributed by atoms with Crippen LogP contribution in [-0.4, -0.2) is 22.3 Å². The van der Waals surface area contributed by atoms with Crippen molar-refractivity contribution in [2.24, 2.45) is 5.92 Å². The molecule has 3 rings (SSSR count). The van der Waals surface area contributed by atoms with E-state index in [0.29, 0.717) is 18.8 Å². The monoisotopic (exact) mass is 287 g/mol. The summed E-state index contributed by atoms with van der Waals surface area (Å²) in [5.74, 6) is 0.00718. The predicted octanol–water partition coefficient (Wildman–Crippen LogP) is 2.85. The number of aromatic nitrogens is 1. The van der Waals surface area contributed by atoms with Gasteiger partial charge in [-0.1, -0.05) is 18.9 Å². The Bertz CT molecular complexity index is 504. The SMILES string of the molecule is O=C1CC(=O)OC(CCc2ccccn2)(C2CCCC2)C1. The summed E-state index contributed by atoms with van der Waals surface area (Å²) in [5, 5.41) is 0. The van der Waals surface area contributed by atoms with Crippen molar-refractivity contribution in [3.63, 3.8) is 0 Å². The standard InChI is InChI=1S/C17H21NO3/c19-15-11-16(20)21-17(12-15,13-5-1-2-6-13)9-8-14-7-3-4-10-18-14/h3-4,7,10,13H,1-2,5-6,8-9,11-12H2. The number of hydrogen-bond donors (Lipinski definition) is 0. The van der Waals surface area contributed by atoms with Gasteiger partial charge in [0, 0.05) is 18.3 Å². The lowest BCUT2D eigenvalue weighted by Gasteiger charge is -2.41. The highest BCUT2D eigenvalue weighted by molar-refractivity contribution is 5.98. The van der Waals surface area contributed by atoms with Gasteiger partial charge < -0.3 is 4.74 Å². The molecular formula is C17H21NO3. The fraction of sp³-hybridized carbons (Fsp3) is 0.588. The number of nitrogens with zero attached hydrogens (tertiary/aromatic N) is 1. The molecule has 1 aliphatic carbocycles. The number of ether oxygens (including phenoxy) is 1. The number of carbonyl (C=O) groups is 2. The summed E-state index contributed by atoms with van der Waals surface area (Å²) in [4.78, 5) is 28.1. The molecule has 0 bridgehead atoms. The third-order valence-electron chi connectivity index (χ3n) is 4.78. The number of carbonyl (C=O) groups excluding carboxylic acids is 2. The summed E-state index contributed by atoms with van der Waals surface area (Å²) in [6, 6.07) is 5.83. The van der Waals surface area contributed by atoms with E-state index >= 15 is 0 Å². The van der Waals surface area contributed by atoms with E-state index < -0.39 is 5.60 Å². The predicted molar refractivity (Wildman–Crippen MR) is 77.6 cm³/mol. The summed E-state index contributed by atoms with van der Waals surface area (Å²) >= 11 is 0. The summed E-state index contributed by atoms with van der Waals surface area (Å²) in [6.45, 7) is 0. The molecule has 0 spiro atoms. The van der Waals surface area contributed by atoms with Crippen LogP contribution in [0.5, 0.6) is 0 Å². The van der Waals surface area contributed by atoms with Crippen molar-refractivity contribution in [2.45, 2.75) is 57.0 Å². The number of aryl methyl sites for hydroxylation is 1. The summed E-state index contributed by atoms with van der Waals surface area (Å²) in [5.41, 5.74) is 0.407. The Balaban J connectivity index is 1.78. The zero-order chi connectivity index (χ0) is 14.7. The molecule has 21 heavy (non-hydrogen) atoms. The highest BCUT2D eigenvalue weighted by Crippen LogP contribution is 2.43. The Hall–Kier alpha value is -1.71. The van der Waals surface area contributed by atoms with Gasteiger partial charge in [0.1, 0.15) is 17.8 Å². The Morgan fingerprint density at radius 2 is 2.05 bits per heavy atom. The Kier molecular flexibility index (Phi) is 4.04. The van der Waals surface area contributed by atoms with Crippen molar-refractivity contribution < 1.29 is 14.3 Å². The van der Waals surface area contributed by atoms with Crippen molar-refractivity contribution in [2.75, 3.05) is 0 Å². The smallest absolute Gasteiger partial charge is 0.313 e. The van der Waals surface area contributed by atoms with Crippen LogP contribution < -0.4 is 0 Å². The first-order valence-electron chi connectivity index (χ1n) is 7.81. The molecule has 0 radical (unpaired) electrons. The van der Waals surface area contributed by atoms with E-state index in [4.69, 9.17) is 4.74 Å². The fourth-order valence-electron chi connectivity index (χ4n) is 3.76. The number of hydrogen-bond acceptors (Lipinski definition) is 4. The minimum Gasteiger partial charge on any atom is -0.458 e. The Morgan fingerprint density at radius 3 is 2.71 bits per heavy atom. The van der Waals surface area contributed by atoms with Crippen LogP contribution >= 0.6 is 0 Å². The van der Waals surface area contributed by atoms with Gasteiger partial charge in [-0.3, -0.25) is 14.6 Å². The maximum absolute atomic E-state index is 11.9. The molecular weight excluding hydrogens is 266 g/mol. The van der Waals surface area contributed by atoms with Gasteiger partial charge in [-0.2, -0.15) is 0 Å². The van der Waals surface area contributed by atoms with Gasteiger partial charge in [0.05, 0.1) is 0 Å². The van der Waals surface area contributed by atoms with E-state index in [-0.39, 0.29) is 18.2 Å². The second kappa shape index (κ2) is 5.96. The largest absolute Gasteiger partial charge is 0.458 e. The minimum absolute atomic E-state index is 0.0270. The second-order valence-electron chi connectivity index (χ2n) is 6.23. The molecule has 1 atom stereocenters. The van der Waals surface area contributed by atoms with Gasteiger partial charge in [0.2, 0.25) is 0 Å². The van der Waals surface area contributed by atoms with E-state index in [1.165, 1.54) is 12.8 Å². The topological polar surface area (TPSA) is 56.3 Å². The van der Waals surface area contributed by atoms with Crippen LogP contribution in [0.15, 0.2) is 24.4 Å². The van der Waals surface area contributed by atoms with Crippen LogP contribution in [0.4, 0.5) is 0 Å². The minimum atomic E-state index is -0.583. The van der Waals surface area contributed by atoms with Crippen molar-refractivity contribution >= 4 is 11.8 Å². The molecule has 1 aliphatic heterocycles. The molecule has 0 amide bonds. The van der Waals surface area contributed by atoms with E-state index in [0.717, 1.165) is 25.0 Å². The van der Waals surface area contributed by atoms with E-state index in [9.17, 15) is 9.59 Å². The number of rotatable bonds is 4. The van der Waals surface area contributed by atoms with Crippen molar-refractivity contribution in [3.05, 3.63) is 30.1 Å². The fourth-order valence-corrected chi connectivity index (χ4v) is 3.76. The molecule has 4 nitrogen and oxygen atoms in total. The van der Waals surface area contributed by atoms with Gasteiger partial charge in [0.15, 0.2) is 0 Å². The van der Waals surface area contributed by atoms with Gasteiger partial charge in [-0.05, 0) is 43.7 Å². The second-order valence-corrected chi connectivity index (χ2v) is 6.23. The molecule has 2 fully saturated rings. The lowest BCUT2D eigenvalue weighted by molar-refractivity contribution is -0.178. The number of cyclic esters (lactones) is 1. The third-order valence-corrected chi connectivity index (χ3v) is 4.78. The molecule has 4 heteroatoms. The third kappa shape index (κ3) is 3.14. The lowest BCUT2D eigenvalue weighted by Crippen LogP contribution is -2.48. The molecule has 1 unspecified atom stereocenters. The van der Waals surface area contributed by atoms with Gasteiger partial charge >= 0.3 is 5.97 Å². The van der Waals surface area contributed by atoms with Gasteiger partial charge in [-0.25, -0.2) is 0 Å². The number of ketones is 1.